The molecule has 1 aliphatic heterocycles. The summed E-state index contributed by atoms with van der Waals surface area (Å²) < 4.78 is 28.7. The molecule has 0 fully saturated rings. The second-order valence-corrected chi connectivity index (χ2v) is 10.6. The third kappa shape index (κ3) is 6.33. The van der Waals surface area contributed by atoms with E-state index in [-0.39, 0.29) is 22.6 Å². The van der Waals surface area contributed by atoms with Crippen LogP contribution >= 0.6 is 0 Å². The molecule has 2 aromatic rings. The number of benzene rings is 2. The Morgan fingerprint density at radius 1 is 1.09 bits per heavy atom. The number of nitrogens with zero attached hydrogens (tertiary/aromatic N) is 1. The first-order valence-electron chi connectivity index (χ1n) is 11.1. The molecule has 0 radical (unpaired) electrons. The molecular formula is C24H32N4O4S. The molecule has 3 N–H and O–H groups in total. The summed E-state index contributed by atoms with van der Waals surface area (Å²) in [4.78, 5) is 26.7. The Kier molecular flexibility index (Phi) is 7.76. The predicted molar refractivity (Wildman–Crippen MR) is 130 cm³/mol. The quantitative estimate of drug-likeness (QED) is 0.548. The van der Waals surface area contributed by atoms with E-state index in [1.807, 2.05) is 43.3 Å². The van der Waals surface area contributed by atoms with Crippen LogP contribution in [0.25, 0.3) is 0 Å². The second-order valence-electron chi connectivity index (χ2n) is 8.84. The smallest absolute Gasteiger partial charge is 0.241 e. The summed E-state index contributed by atoms with van der Waals surface area (Å²) in [5.41, 5.74) is 3.38. The number of rotatable bonds is 8. The monoisotopic (exact) mass is 472 g/mol. The van der Waals surface area contributed by atoms with E-state index >= 15 is 0 Å². The average molecular weight is 473 g/mol. The van der Waals surface area contributed by atoms with Gasteiger partial charge in [-0.2, -0.15) is 4.72 Å². The molecule has 0 aliphatic carbocycles. The van der Waals surface area contributed by atoms with Crippen LogP contribution in [-0.4, -0.2) is 40.4 Å². The number of carbonyl (C=O) groups excluding carboxylic acids is 2. The molecule has 33 heavy (non-hydrogen) atoms. The summed E-state index contributed by atoms with van der Waals surface area (Å²) in [6.45, 7) is 3.90. The summed E-state index contributed by atoms with van der Waals surface area (Å²) in [6, 6.07) is 11.5. The molecule has 0 spiro atoms. The van der Waals surface area contributed by atoms with E-state index in [0.29, 0.717) is 31.5 Å². The first-order valence-corrected chi connectivity index (χ1v) is 12.5. The zero-order valence-electron chi connectivity index (χ0n) is 19.5. The van der Waals surface area contributed by atoms with Crippen LogP contribution in [0, 0.1) is 5.92 Å². The first kappa shape index (κ1) is 24.7. The van der Waals surface area contributed by atoms with E-state index in [1.165, 1.54) is 6.07 Å². The van der Waals surface area contributed by atoms with Crippen molar-refractivity contribution in [2.75, 3.05) is 24.3 Å². The Labute approximate surface area is 195 Å². The van der Waals surface area contributed by atoms with Gasteiger partial charge in [-0.05, 0) is 60.2 Å². The van der Waals surface area contributed by atoms with Crippen molar-refractivity contribution >= 4 is 33.2 Å². The minimum atomic E-state index is -3.94. The lowest BCUT2D eigenvalue weighted by Gasteiger charge is -2.22. The number of sulfonamides is 1. The highest BCUT2D eigenvalue weighted by molar-refractivity contribution is 7.89. The van der Waals surface area contributed by atoms with Gasteiger partial charge < -0.3 is 15.5 Å². The minimum Gasteiger partial charge on any atom is -0.378 e. The van der Waals surface area contributed by atoms with Gasteiger partial charge in [0.15, 0.2) is 0 Å². The molecule has 0 saturated carbocycles. The van der Waals surface area contributed by atoms with Crippen molar-refractivity contribution in [2.45, 2.75) is 50.6 Å². The van der Waals surface area contributed by atoms with E-state index in [0.717, 1.165) is 16.8 Å². The van der Waals surface area contributed by atoms with Crippen molar-refractivity contribution in [3.05, 3.63) is 53.6 Å². The molecule has 0 saturated heterocycles. The molecular weight excluding hydrogens is 440 g/mol. The summed E-state index contributed by atoms with van der Waals surface area (Å²) in [5.74, 6) is -0.710. The normalized spacial score (nSPS) is 14.8. The lowest BCUT2D eigenvalue weighted by Crippen LogP contribution is -2.49. The second kappa shape index (κ2) is 10.4. The van der Waals surface area contributed by atoms with Gasteiger partial charge in [-0.25, -0.2) is 8.42 Å². The van der Waals surface area contributed by atoms with Crippen LogP contribution in [-0.2, 0) is 32.6 Å². The van der Waals surface area contributed by atoms with Gasteiger partial charge >= 0.3 is 0 Å². The topological polar surface area (TPSA) is 108 Å². The van der Waals surface area contributed by atoms with Crippen molar-refractivity contribution in [1.82, 2.24) is 10.0 Å². The van der Waals surface area contributed by atoms with Crippen LogP contribution in [0.1, 0.15) is 37.8 Å². The average Bonchev–Trinajstić information content (AvgIpc) is 2.95. The van der Waals surface area contributed by atoms with Crippen molar-refractivity contribution in [3.8, 4) is 0 Å². The molecule has 0 aromatic heterocycles. The Hall–Kier alpha value is -2.91. The number of hydrogen-bond acceptors (Lipinski definition) is 5. The van der Waals surface area contributed by atoms with E-state index in [2.05, 4.69) is 15.4 Å². The zero-order chi connectivity index (χ0) is 24.2. The maximum absolute atomic E-state index is 13.1. The van der Waals surface area contributed by atoms with Gasteiger partial charge in [0.2, 0.25) is 21.8 Å². The molecule has 1 atom stereocenters. The maximum atomic E-state index is 13.1. The highest BCUT2D eigenvalue weighted by Crippen LogP contribution is 2.25. The number of anilines is 2. The molecule has 2 aromatic carbocycles. The van der Waals surface area contributed by atoms with Gasteiger partial charge in [0.1, 0.15) is 6.04 Å². The number of fused-ring (bicyclic) bond motifs is 1. The van der Waals surface area contributed by atoms with Gasteiger partial charge in [0, 0.05) is 38.4 Å². The van der Waals surface area contributed by atoms with E-state index in [1.54, 1.807) is 26.0 Å². The van der Waals surface area contributed by atoms with E-state index in [4.69, 9.17) is 0 Å². The lowest BCUT2D eigenvalue weighted by atomic mass is 10.0. The third-order valence-corrected chi connectivity index (χ3v) is 7.10. The van der Waals surface area contributed by atoms with Crippen molar-refractivity contribution in [2.24, 2.45) is 5.92 Å². The highest BCUT2D eigenvalue weighted by Gasteiger charge is 2.29. The standard InChI is InChI=1S/C24H32N4O4S/c1-16(2)23(24(30)25-15-17-8-10-19(11-9-17)28(3)4)27-33(31,32)20-12-13-21-18(14-20)6-5-7-22(29)26-21/h8-14,16,23,27H,5-7,15H2,1-4H3,(H,25,30)(H,26,29)/t23-/m1/s1. The van der Waals surface area contributed by atoms with Crippen molar-refractivity contribution in [3.63, 3.8) is 0 Å². The fourth-order valence-corrected chi connectivity index (χ4v) is 5.05. The molecule has 178 valence electrons. The Bertz CT molecular complexity index is 1110. The van der Waals surface area contributed by atoms with Gasteiger partial charge in [0.05, 0.1) is 4.90 Å². The van der Waals surface area contributed by atoms with E-state index in [9.17, 15) is 18.0 Å². The number of aryl methyl sites for hydroxylation is 1. The maximum Gasteiger partial charge on any atom is 0.241 e. The van der Waals surface area contributed by atoms with Crippen LogP contribution in [0.3, 0.4) is 0 Å². The Morgan fingerprint density at radius 3 is 2.42 bits per heavy atom. The number of hydrogen-bond donors (Lipinski definition) is 3. The Morgan fingerprint density at radius 2 is 1.79 bits per heavy atom. The van der Waals surface area contributed by atoms with Gasteiger partial charge in [-0.15, -0.1) is 0 Å². The molecule has 2 amide bonds. The number of amides is 2. The molecule has 0 bridgehead atoms. The van der Waals surface area contributed by atoms with Crippen molar-refractivity contribution < 1.29 is 18.0 Å². The van der Waals surface area contributed by atoms with Gasteiger partial charge in [-0.3, -0.25) is 9.59 Å². The Balaban J connectivity index is 1.71. The van der Waals surface area contributed by atoms with Crippen LogP contribution in [0.4, 0.5) is 11.4 Å². The van der Waals surface area contributed by atoms with Crippen LogP contribution in [0.2, 0.25) is 0 Å². The first-order chi connectivity index (χ1) is 15.6. The van der Waals surface area contributed by atoms with Crippen LogP contribution < -0.4 is 20.3 Å². The van der Waals surface area contributed by atoms with Gasteiger partial charge in [0.25, 0.3) is 0 Å². The molecule has 1 aliphatic rings. The molecule has 0 unspecified atom stereocenters. The van der Waals surface area contributed by atoms with Crippen LogP contribution in [0.15, 0.2) is 47.4 Å². The predicted octanol–water partition coefficient (Wildman–Crippen LogP) is 2.65. The summed E-state index contributed by atoms with van der Waals surface area (Å²) in [6.07, 6.45) is 1.67. The fraction of sp³-hybridized carbons (Fsp3) is 0.417. The summed E-state index contributed by atoms with van der Waals surface area (Å²) in [7, 11) is -0.0263. The number of nitrogens with one attached hydrogen (secondary N) is 3. The molecule has 9 heteroatoms. The largest absolute Gasteiger partial charge is 0.378 e. The highest BCUT2D eigenvalue weighted by atomic mass is 32.2. The lowest BCUT2D eigenvalue weighted by molar-refractivity contribution is -0.123. The van der Waals surface area contributed by atoms with E-state index < -0.39 is 16.1 Å². The summed E-state index contributed by atoms with van der Waals surface area (Å²) in [5, 5.41) is 5.64. The SMILES string of the molecule is CC(C)[C@@H](NS(=O)(=O)c1ccc2c(c1)CCCC(=O)N2)C(=O)NCc1ccc(N(C)C)cc1. The number of carbonyl (C=O) groups is 2. The molecule has 3 rings (SSSR count). The third-order valence-electron chi connectivity index (χ3n) is 5.66. The molecule has 8 nitrogen and oxygen atoms in total. The minimum absolute atomic E-state index is 0.0737. The zero-order valence-corrected chi connectivity index (χ0v) is 20.3. The fourth-order valence-electron chi connectivity index (χ4n) is 3.66. The molecule has 1 heterocycles. The summed E-state index contributed by atoms with van der Waals surface area (Å²) >= 11 is 0. The van der Waals surface area contributed by atoms with Crippen molar-refractivity contribution in [1.29, 1.82) is 0 Å². The van der Waals surface area contributed by atoms with Gasteiger partial charge in [-0.1, -0.05) is 26.0 Å². The van der Waals surface area contributed by atoms with Crippen LogP contribution in [0.5, 0.6) is 0 Å².